The highest BCUT2D eigenvalue weighted by Gasteiger charge is 2.10. The van der Waals surface area contributed by atoms with E-state index in [9.17, 15) is 0 Å². The summed E-state index contributed by atoms with van der Waals surface area (Å²) in [6.45, 7) is 7.93. The SMILES string of the molecule is CC.CCc1ccc2c(c1)CCO2.c1ccc2c(c1)CCCO2. The quantitative estimate of drug-likeness (QED) is 0.718. The van der Waals surface area contributed by atoms with Gasteiger partial charge >= 0.3 is 0 Å². The van der Waals surface area contributed by atoms with Crippen molar-refractivity contribution in [1.82, 2.24) is 0 Å². The van der Waals surface area contributed by atoms with Crippen LogP contribution >= 0.6 is 0 Å². The van der Waals surface area contributed by atoms with Gasteiger partial charge in [0.25, 0.3) is 0 Å². The minimum atomic E-state index is 0.864. The third-order valence-electron chi connectivity index (χ3n) is 3.98. The number of para-hydroxylation sites is 1. The Labute approximate surface area is 140 Å². The average molecular weight is 312 g/mol. The predicted octanol–water partition coefficient (Wildman–Crippen LogP) is 5.22. The van der Waals surface area contributed by atoms with Gasteiger partial charge in [0.2, 0.25) is 0 Å². The molecule has 23 heavy (non-hydrogen) atoms. The van der Waals surface area contributed by atoms with Crippen molar-refractivity contribution in [2.75, 3.05) is 13.2 Å². The molecule has 2 nitrogen and oxygen atoms in total. The Bertz CT molecular complexity index is 580. The van der Waals surface area contributed by atoms with Gasteiger partial charge in [-0.1, -0.05) is 51.1 Å². The molecule has 0 saturated heterocycles. The highest BCUT2D eigenvalue weighted by molar-refractivity contribution is 5.39. The molecule has 0 aliphatic carbocycles. The summed E-state index contributed by atoms with van der Waals surface area (Å²) < 4.78 is 10.8. The minimum Gasteiger partial charge on any atom is -0.493 e. The molecule has 0 amide bonds. The zero-order valence-electron chi connectivity index (χ0n) is 14.6. The molecular weight excluding hydrogens is 284 g/mol. The fraction of sp³-hybridized carbons (Fsp3) is 0.429. The van der Waals surface area contributed by atoms with Crippen molar-refractivity contribution in [3.05, 3.63) is 59.2 Å². The number of fused-ring (bicyclic) bond motifs is 2. The van der Waals surface area contributed by atoms with Crippen LogP contribution in [0.25, 0.3) is 0 Å². The molecule has 2 aliphatic rings. The lowest BCUT2D eigenvalue weighted by Gasteiger charge is -2.15. The Morgan fingerprint density at radius 2 is 1.57 bits per heavy atom. The monoisotopic (exact) mass is 312 g/mol. The summed E-state index contributed by atoms with van der Waals surface area (Å²) in [5, 5.41) is 0. The average Bonchev–Trinajstić information content (AvgIpc) is 3.11. The van der Waals surface area contributed by atoms with E-state index in [-0.39, 0.29) is 0 Å². The maximum Gasteiger partial charge on any atom is 0.122 e. The van der Waals surface area contributed by atoms with E-state index in [1.807, 2.05) is 26.0 Å². The van der Waals surface area contributed by atoms with Gasteiger partial charge in [-0.05, 0) is 48.1 Å². The molecule has 124 valence electrons. The molecule has 4 rings (SSSR count). The Hall–Kier alpha value is -1.96. The minimum absolute atomic E-state index is 0.864. The first-order chi connectivity index (χ1) is 11.4. The van der Waals surface area contributed by atoms with Gasteiger partial charge in [0, 0.05) is 6.42 Å². The maximum atomic E-state index is 5.42. The molecule has 0 N–H and O–H groups in total. The largest absolute Gasteiger partial charge is 0.493 e. The lowest BCUT2D eigenvalue weighted by Crippen LogP contribution is -2.07. The predicted molar refractivity (Wildman–Crippen MR) is 96.6 cm³/mol. The second-order valence-electron chi connectivity index (χ2n) is 5.45. The van der Waals surface area contributed by atoms with Gasteiger partial charge in [-0.25, -0.2) is 0 Å². The third-order valence-corrected chi connectivity index (χ3v) is 3.98. The van der Waals surface area contributed by atoms with Gasteiger partial charge in [-0.2, -0.15) is 0 Å². The number of hydrogen-bond acceptors (Lipinski definition) is 2. The smallest absolute Gasteiger partial charge is 0.122 e. The molecule has 0 bridgehead atoms. The fourth-order valence-corrected chi connectivity index (χ4v) is 2.76. The van der Waals surface area contributed by atoms with Crippen LogP contribution < -0.4 is 9.47 Å². The van der Waals surface area contributed by atoms with Crippen LogP contribution in [0, 0.1) is 0 Å². The van der Waals surface area contributed by atoms with Crippen molar-refractivity contribution in [3.8, 4) is 11.5 Å². The van der Waals surface area contributed by atoms with E-state index >= 15 is 0 Å². The zero-order chi connectivity index (χ0) is 16.5. The number of benzene rings is 2. The van der Waals surface area contributed by atoms with Crippen LogP contribution in [0.3, 0.4) is 0 Å². The van der Waals surface area contributed by atoms with E-state index in [1.165, 1.54) is 23.1 Å². The van der Waals surface area contributed by atoms with Crippen LogP contribution in [-0.2, 0) is 19.3 Å². The summed E-state index contributed by atoms with van der Waals surface area (Å²) in [6, 6.07) is 14.7. The second kappa shape index (κ2) is 9.24. The van der Waals surface area contributed by atoms with E-state index in [0.717, 1.165) is 44.0 Å². The van der Waals surface area contributed by atoms with Crippen molar-refractivity contribution >= 4 is 0 Å². The summed E-state index contributed by atoms with van der Waals surface area (Å²) in [7, 11) is 0. The first-order valence-corrected chi connectivity index (χ1v) is 8.82. The molecule has 0 radical (unpaired) electrons. The summed E-state index contributed by atoms with van der Waals surface area (Å²) in [4.78, 5) is 0. The van der Waals surface area contributed by atoms with Gasteiger partial charge in [-0.3, -0.25) is 0 Å². The highest BCUT2D eigenvalue weighted by atomic mass is 16.5. The normalized spacial score (nSPS) is 13.9. The lowest BCUT2D eigenvalue weighted by molar-refractivity contribution is 0.288. The van der Waals surface area contributed by atoms with Crippen molar-refractivity contribution in [3.63, 3.8) is 0 Å². The second-order valence-corrected chi connectivity index (χ2v) is 5.45. The van der Waals surface area contributed by atoms with Crippen LogP contribution in [-0.4, -0.2) is 13.2 Å². The van der Waals surface area contributed by atoms with E-state index in [2.05, 4.69) is 37.3 Å². The van der Waals surface area contributed by atoms with E-state index < -0.39 is 0 Å². The number of hydrogen-bond donors (Lipinski definition) is 0. The number of aryl methyl sites for hydroxylation is 2. The van der Waals surface area contributed by atoms with E-state index in [4.69, 9.17) is 9.47 Å². The number of ether oxygens (including phenoxy) is 2. The van der Waals surface area contributed by atoms with Crippen molar-refractivity contribution in [2.24, 2.45) is 0 Å². The molecule has 0 atom stereocenters. The van der Waals surface area contributed by atoms with E-state index in [0.29, 0.717) is 0 Å². The van der Waals surface area contributed by atoms with Gasteiger partial charge in [0.15, 0.2) is 0 Å². The highest BCUT2D eigenvalue weighted by Crippen LogP contribution is 2.25. The molecule has 0 fully saturated rings. The Balaban J connectivity index is 0.000000152. The summed E-state index contributed by atoms with van der Waals surface area (Å²) in [5.74, 6) is 2.16. The van der Waals surface area contributed by atoms with Gasteiger partial charge in [0.05, 0.1) is 13.2 Å². The van der Waals surface area contributed by atoms with Gasteiger partial charge in [-0.15, -0.1) is 0 Å². The lowest BCUT2D eigenvalue weighted by atomic mass is 10.1. The Morgan fingerprint density at radius 3 is 2.35 bits per heavy atom. The van der Waals surface area contributed by atoms with Gasteiger partial charge in [0.1, 0.15) is 11.5 Å². The summed E-state index contributed by atoms with van der Waals surface area (Å²) in [5.41, 5.74) is 4.15. The fourth-order valence-electron chi connectivity index (χ4n) is 2.76. The summed E-state index contributed by atoms with van der Waals surface area (Å²) >= 11 is 0. The first kappa shape index (κ1) is 17.4. The maximum absolute atomic E-state index is 5.42. The molecule has 0 unspecified atom stereocenters. The third kappa shape index (κ3) is 4.75. The van der Waals surface area contributed by atoms with Crippen molar-refractivity contribution in [2.45, 2.75) is 46.5 Å². The van der Waals surface area contributed by atoms with Crippen LogP contribution in [0.15, 0.2) is 42.5 Å². The molecule has 0 saturated carbocycles. The molecular formula is C21H28O2. The van der Waals surface area contributed by atoms with Crippen molar-refractivity contribution in [1.29, 1.82) is 0 Å². The van der Waals surface area contributed by atoms with Crippen LogP contribution in [0.4, 0.5) is 0 Å². The molecule has 0 aromatic heterocycles. The topological polar surface area (TPSA) is 18.5 Å². The summed E-state index contributed by atoms with van der Waals surface area (Å²) in [6.07, 6.45) is 4.55. The Kier molecular flexibility index (Phi) is 6.99. The zero-order valence-corrected chi connectivity index (χ0v) is 14.6. The molecule has 2 aliphatic heterocycles. The van der Waals surface area contributed by atoms with Gasteiger partial charge < -0.3 is 9.47 Å². The molecule has 2 heterocycles. The molecule has 2 aromatic rings. The van der Waals surface area contributed by atoms with Crippen LogP contribution in [0.1, 0.15) is 43.9 Å². The first-order valence-electron chi connectivity index (χ1n) is 8.82. The molecule has 0 spiro atoms. The van der Waals surface area contributed by atoms with E-state index in [1.54, 1.807) is 0 Å². The Morgan fingerprint density at radius 1 is 0.826 bits per heavy atom. The number of rotatable bonds is 1. The molecule has 2 heteroatoms. The van der Waals surface area contributed by atoms with Crippen molar-refractivity contribution < 1.29 is 9.47 Å². The van der Waals surface area contributed by atoms with Crippen LogP contribution in [0.2, 0.25) is 0 Å². The molecule has 2 aromatic carbocycles. The van der Waals surface area contributed by atoms with Crippen LogP contribution in [0.5, 0.6) is 11.5 Å². The standard InChI is InChI=1S/C10H12O.C9H10O.C2H6/c1-2-8-3-4-10-9(7-8)5-6-11-10;1-2-6-9-8(4-1)5-3-7-10-9;1-2/h3-4,7H,2,5-6H2,1H3;1-2,4,6H,3,5,7H2;1-2H3.